The van der Waals surface area contributed by atoms with Gasteiger partial charge in [-0.3, -0.25) is 14.9 Å². The van der Waals surface area contributed by atoms with E-state index in [9.17, 15) is 14.4 Å². The molecule has 1 heterocycles. The smallest absolute Gasteiger partial charge is 0.321 e. The fourth-order valence-electron chi connectivity index (χ4n) is 2.23. The van der Waals surface area contributed by atoms with E-state index < -0.39 is 11.9 Å². The van der Waals surface area contributed by atoms with Crippen LogP contribution in [0.1, 0.15) is 42.6 Å². The molecule has 0 bridgehead atoms. The lowest BCUT2D eigenvalue weighted by atomic mass is 9.96. The average molecular weight is 279 g/mol. The summed E-state index contributed by atoms with van der Waals surface area (Å²) in [5.74, 6) is -0.499. The fourth-order valence-corrected chi connectivity index (χ4v) is 2.23. The highest BCUT2D eigenvalue weighted by atomic mass is 16.2. The van der Waals surface area contributed by atoms with E-state index in [1.807, 2.05) is 0 Å². The molecule has 108 valence electrons. The number of hydrogen-bond acceptors (Lipinski definition) is 5. The Balaban J connectivity index is 1.75. The molecule has 8 nitrogen and oxygen atoms in total. The number of carbonyl (C=O) groups is 3. The van der Waals surface area contributed by atoms with Gasteiger partial charge in [0.2, 0.25) is 5.91 Å². The summed E-state index contributed by atoms with van der Waals surface area (Å²) in [4.78, 5) is 33.7. The van der Waals surface area contributed by atoms with Crippen molar-refractivity contribution in [2.75, 3.05) is 0 Å². The van der Waals surface area contributed by atoms with Crippen LogP contribution in [0.25, 0.3) is 0 Å². The van der Waals surface area contributed by atoms with Crippen molar-refractivity contribution in [1.82, 2.24) is 25.6 Å². The molecule has 1 aromatic heterocycles. The van der Waals surface area contributed by atoms with Gasteiger partial charge < -0.3 is 5.32 Å². The third-order valence-electron chi connectivity index (χ3n) is 3.18. The van der Waals surface area contributed by atoms with Crippen LogP contribution >= 0.6 is 0 Å². The van der Waals surface area contributed by atoms with Gasteiger partial charge in [-0.05, 0) is 12.8 Å². The molecule has 0 aliphatic heterocycles. The summed E-state index contributed by atoms with van der Waals surface area (Å²) in [5.41, 5.74) is 0.143. The van der Waals surface area contributed by atoms with Crippen LogP contribution in [-0.4, -0.2) is 39.3 Å². The third kappa shape index (κ3) is 4.15. The number of imide groups is 1. The fraction of sp³-hybridized carbons (Fsp3) is 0.583. The maximum Gasteiger partial charge on any atom is 0.321 e. The standard InChI is InChI=1S/C12H17N5O3/c18-8-10-6-17(16-15-10)7-11(19)14-12(20)13-9-4-2-1-3-5-9/h6,8-9H,1-5,7H2,(H2,13,14,19,20). The number of aldehydes is 1. The predicted octanol–water partition coefficient (Wildman–Crippen LogP) is 0.249. The average Bonchev–Trinajstić information content (AvgIpc) is 2.87. The molecule has 1 aliphatic carbocycles. The quantitative estimate of drug-likeness (QED) is 0.768. The van der Waals surface area contributed by atoms with Crippen LogP contribution in [0.4, 0.5) is 4.79 Å². The van der Waals surface area contributed by atoms with Gasteiger partial charge in [-0.25, -0.2) is 9.48 Å². The zero-order valence-electron chi connectivity index (χ0n) is 11.0. The number of nitrogens with one attached hydrogen (secondary N) is 2. The Morgan fingerprint density at radius 2 is 2.10 bits per heavy atom. The van der Waals surface area contributed by atoms with Gasteiger partial charge in [0.05, 0.1) is 6.20 Å². The number of carbonyl (C=O) groups excluding carboxylic acids is 3. The van der Waals surface area contributed by atoms with Gasteiger partial charge in [0.1, 0.15) is 12.2 Å². The summed E-state index contributed by atoms with van der Waals surface area (Å²) in [6.45, 7) is -0.154. The highest BCUT2D eigenvalue weighted by molar-refractivity contribution is 5.94. The topological polar surface area (TPSA) is 106 Å². The molecular weight excluding hydrogens is 262 g/mol. The molecule has 0 saturated heterocycles. The summed E-state index contributed by atoms with van der Waals surface area (Å²) >= 11 is 0. The summed E-state index contributed by atoms with van der Waals surface area (Å²) in [6.07, 6.45) is 7.19. The second kappa shape index (κ2) is 6.78. The second-order valence-electron chi connectivity index (χ2n) is 4.82. The maximum absolute atomic E-state index is 11.6. The summed E-state index contributed by atoms with van der Waals surface area (Å²) in [6, 6.07) is -0.345. The molecule has 0 unspecified atom stereocenters. The molecule has 1 saturated carbocycles. The molecule has 0 atom stereocenters. The Kier molecular flexibility index (Phi) is 4.80. The van der Waals surface area contributed by atoms with Crippen molar-refractivity contribution < 1.29 is 14.4 Å². The first kappa shape index (κ1) is 14.2. The SMILES string of the molecule is O=Cc1cn(CC(=O)NC(=O)NC2CCCCC2)nn1. The maximum atomic E-state index is 11.6. The van der Waals surface area contributed by atoms with Crippen molar-refractivity contribution in [3.05, 3.63) is 11.9 Å². The van der Waals surface area contributed by atoms with Crippen molar-refractivity contribution in [3.63, 3.8) is 0 Å². The highest BCUT2D eigenvalue weighted by Crippen LogP contribution is 2.17. The first-order valence-electron chi connectivity index (χ1n) is 6.63. The van der Waals surface area contributed by atoms with Gasteiger partial charge in [0, 0.05) is 6.04 Å². The number of amides is 3. The van der Waals surface area contributed by atoms with Gasteiger partial charge in [0.25, 0.3) is 0 Å². The van der Waals surface area contributed by atoms with Crippen molar-refractivity contribution in [2.45, 2.75) is 44.7 Å². The van der Waals surface area contributed by atoms with Crippen molar-refractivity contribution in [1.29, 1.82) is 0 Å². The van der Waals surface area contributed by atoms with E-state index >= 15 is 0 Å². The Morgan fingerprint density at radius 1 is 1.35 bits per heavy atom. The number of rotatable bonds is 4. The number of aromatic nitrogens is 3. The molecule has 3 amide bonds. The normalized spacial score (nSPS) is 15.6. The van der Waals surface area contributed by atoms with Gasteiger partial charge >= 0.3 is 6.03 Å². The van der Waals surface area contributed by atoms with Crippen LogP contribution in [0.3, 0.4) is 0 Å². The molecule has 2 rings (SSSR count). The molecule has 8 heteroatoms. The third-order valence-corrected chi connectivity index (χ3v) is 3.18. The molecule has 0 aromatic carbocycles. The molecule has 20 heavy (non-hydrogen) atoms. The van der Waals surface area contributed by atoms with Crippen LogP contribution < -0.4 is 10.6 Å². The van der Waals surface area contributed by atoms with E-state index in [2.05, 4.69) is 20.9 Å². The Labute approximate surface area is 115 Å². The van der Waals surface area contributed by atoms with Gasteiger partial charge in [0.15, 0.2) is 6.29 Å². The molecule has 1 fully saturated rings. The van der Waals surface area contributed by atoms with Gasteiger partial charge in [-0.15, -0.1) is 5.10 Å². The highest BCUT2D eigenvalue weighted by Gasteiger charge is 2.17. The largest absolute Gasteiger partial charge is 0.335 e. The first-order chi connectivity index (χ1) is 9.67. The lowest BCUT2D eigenvalue weighted by molar-refractivity contribution is -0.120. The van der Waals surface area contributed by atoms with Crippen LogP contribution in [0.15, 0.2) is 6.20 Å². The summed E-state index contributed by atoms with van der Waals surface area (Å²) < 4.78 is 1.20. The Morgan fingerprint density at radius 3 is 2.75 bits per heavy atom. The summed E-state index contributed by atoms with van der Waals surface area (Å²) in [5, 5.41) is 12.1. The van der Waals surface area contributed by atoms with Crippen molar-refractivity contribution >= 4 is 18.2 Å². The van der Waals surface area contributed by atoms with Crippen LogP contribution in [0.2, 0.25) is 0 Å². The predicted molar refractivity (Wildman–Crippen MR) is 69.0 cm³/mol. The minimum atomic E-state index is -0.499. The van der Waals surface area contributed by atoms with E-state index in [-0.39, 0.29) is 18.3 Å². The van der Waals surface area contributed by atoms with E-state index in [1.54, 1.807) is 0 Å². The minimum Gasteiger partial charge on any atom is -0.335 e. The zero-order valence-corrected chi connectivity index (χ0v) is 11.0. The number of hydrogen-bond donors (Lipinski definition) is 2. The monoisotopic (exact) mass is 279 g/mol. The molecule has 0 spiro atoms. The van der Waals surface area contributed by atoms with Gasteiger partial charge in [-0.2, -0.15) is 0 Å². The van der Waals surface area contributed by atoms with Crippen molar-refractivity contribution in [3.8, 4) is 0 Å². The lowest BCUT2D eigenvalue weighted by Crippen LogP contribution is -2.46. The van der Waals surface area contributed by atoms with Crippen molar-refractivity contribution in [2.24, 2.45) is 0 Å². The molecule has 0 radical (unpaired) electrons. The Bertz CT molecular complexity index is 493. The number of nitrogens with zero attached hydrogens (tertiary/aromatic N) is 3. The van der Waals surface area contributed by atoms with E-state index in [4.69, 9.17) is 0 Å². The minimum absolute atomic E-state index is 0.143. The number of urea groups is 1. The first-order valence-corrected chi connectivity index (χ1v) is 6.63. The van der Waals surface area contributed by atoms with Crippen LogP contribution in [0.5, 0.6) is 0 Å². The zero-order chi connectivity index (χ0) is 14.4. The Hall–Kier alpha value is -2.25. The van der Waals surface area contributed by atoms with Gasteiger partial charge in [-0.1, -0.05) is 24.5 Å². The van der Waals surface area contributed by atoms with E-state index in [0.717, 1.165) is 25.7 Å². The molecule has 1 aliphatic rings. The molecule has 1 aromatic rings. The molecular formula is C12H17N5O3. The second-order valence-corrected chi connectivity index (χ2v) is 4.82. The van der Waals surface area contributed by atoms with E-state index in [1.165, 1.54) is 17.3 Å². The van der Waals surface area contributed by atoms with Crippen LogP contribution in [0, 0.1) is 0 Å². The molecule has 2 N–H and O–H groups in total. The summed E-state index contributed by atoms with van der Waals surface area (Å²) in [7, 11) is 0. The lowest BCUT2D eigenvalue weighted by Gasteiger charge is -2.22. The van der Waals surface area contributed by atoms with E-state index in [0.29, 0.717) is 6.29 Å². The van der Waals surface area contributed by atoms with Crippen LogP contribution in [-0.2, 0) is 11.3 Å².